The molecule has 0 amide bonds. The minimum absolute atomic E-state index is 1.09. The molecule has 0 N–H and O–H groups in total. The van der Waals surface area contributed by atoms with Crippen molar-refractivity contribution in [3.8, 4) is 0 Å². The van der Waals surface area contributed by atoms with E-state index in [2.05, 4.69) is 54.3 Å². The second-order valence-electron chi connectivity index (χ2n) is 10.7. The van der Waals surface area contributed by atoms with Gasteiger partial charge in [-0.2, -0.15) is 0 Å². The zero-order valence-corrected chi connectivity index (χ0v) is 20.8. The number of allylic oxidation sites excluding steroid dienone is 2. The highest BCUT2D eigenvalue weighted by Gasteiger charge is 2.16. The van der Waals surface area contributed by atoms with Gasteiger partial charge in [-0.3, -0.25) is 0 Å². The number of nitrogens with zero attached hydrogens (tertiary/aromatic N) is 2. The van der Waals surface area contributed by atoms with Crippen molar-refractivity contribution in [3.05, 3.63) is 12.2 Å². The number of quaternary nitrogens is 2. The highest BCUT2D eigenvalue weighted by molar-refractivity contribution is 4.81. The van der Waals surface area contributed by atoms with E-state index in [1.165, 1.54) is 120 Å². The van der Waals surface area contributed by atoms with E-state index in [0.29, 0.717) is 0 Å². The second kappa shape index (κ2) is 17.5. The van der Waals surface area contributed by atoms with Gasteiger partial charge in [0.1, 0.15) is 0 Å². The van der Waals surface area contributed by atoms with Crippen molar-refractivity contribution in [3.63, 3.8) is 0 Å². The molecule has 0 aliphatic rings. The van der Waals surface area contributed by atoms with Gasteiger partial charge in [0, 0.05) is 6.42 Å². The third kappa shape index (κ3) is 22.0. The molecular weight excluding hydrogens is 340 g/mol. The summed E-state index contributed by atoms with van der Waals surface area (Å²) in [6, 6.07) is 0. The van der Waals surface area contributed by atoms with Gasteiger partial charge >= 0.3 is 0 Å². The highest BCUT2D eigenvalue weighted by atomic mass is 15.3. The van der Waals surface area contributed by atoms with Crippen molar-refractivity contribution in [1.29, 1.82) is 0 Å². The lowest BCUT2D eigenvalue weighted by atomic mass is 10.1. The van der Waals surface area contributed by atoms with E-state index in [1.54, 1.807) is 0 Å². The summed E-state index contributed by atoms with van der Waals surface area (Å²) in [6.07, 6.45) is 25.8. The molecule has 168 valence electrons. The minimum Gasteiger partial charge on any atom is -0.331 e. The fourth-order valence-electron chi connectivity index (χ4n) is 3.87. The molecule has 0 radical (unpaired) electrons. The molecule has 0 aromatic heterocycles. The Morgan fingerprint density at radius 1 is 0.464 bits per heavy atom. The van der Waals surface area contributed by atoms with Crippen LogP contribution in [0.1, 0.15) is 103 Å². The molecule has 0 saturated carbocycles. The number of rotatable bonds is 20. The van der Waals surface area contributed by atoms with Crippen LogP contribution in [-0.2, 0) is 0 Å². The molecule has 0 atom stereocenters. The van der Waals surface area contributed by atoms with Gasteiger partial charge in [0.25, 0.3) is 0 Å². The largest absolute Gasteiger partial charge is 0.331 e. The SMILES string of the molecule is CCCCCCCC/C=C\CCCCCCCC[N+](C)(C)CCC[N+](C)(C)C. The van der Waals surface area contributed by atoms with Crippen molar-refractivity contribution in [1.82, 2.24) is 0 Å². The van der Waals surface area contributed by atoms with Gasteiger partial charge in [0.05, 0.1) is 54.9 Å². The van der Waals surface area contributed by atoms with Gasteiger partial charge in [-0.25, -0.2) is 0 Å². The summed E-state index contributed by atoms with van der Waals surface area (Å²) in [5, 5.41) is 0. The number of hydrogen-bond acceptors (Lipinski definition) is 0. The van der Waals surface area contributed by atoms with Gasteiger partial charge in [-0.05, 0) is 38.5 Å². The molecule has 0 aromatic carbocycles. The van der Waals surface area contributed by atoms with Crippen LogP contribution in [0.15, 0.2) is 12.2 Å². The van der Waals surface area contributed by atoms with E-state index >= 15 is 0 Å². The van der Waals surface area contributed by atoms with E-state index < -0.39 is 0 Å². The van der Waals surface area contributed by atoms with Crippen molar-refractivity contribution >= 4 is 0 Å². The summed E-state index contributed by atoms with van der Waals surface area (Å²) in [5.41, 5.74) is 0. The van der Waals surface area contributed by atoms with Crippen LogP contribution in [0.5, 0.6) is 0 Å². The van der Waals surface area contributed by atoms with Crippen molar-refractivity contribution in [2.24, 2.45) is 0 Å². The molecule has 0 heterocycles. The number of unbranched alkanes of at least 4 members (excludes halogenated alkanes) is 12. The molecule has 2 heteroatoms. The normalized spacial score (nSPS) is 12.9. The predicted molar refractivity (Wildman–Crippen MR) is 129 cm³/mol. The van der Waals surface area contributed by atoms with Crippen LogP contribution in [-0.4, -0.2) is 63.8 Å². The Kier molecular flexibility index (Phi) is 17.3. The Morgan fingerprint density at radius 2 is 0.893 bits per heavy atom. The molecular formula is C26H56N2+2. The van der Waals surface area contributed by atoms with Gasteiger partial charge in [-0.15, -0.1) is 0 Å². The monoisotopic (exact) mass is 396 g/mol. The van der Waals surface area contributed by atoms with Crippen LogP contribution in [0.25, 0.3) is 0 Å². The van der Waals surface area contributed by atoms with Gasteiger partial charge in [-0.1, -0.05) is 70.4 Å². The Labute approximate surface area is 179 Å². The Bertz CT molecular complexity index is 352. The topological polar surface area (TPSA) is 0 Å². The summed E-state index contributed by atoms with van der Waals surface area (Å²) in [5.74, 6) is 0. The maximum Gasteiger partial charge on any atom is 0.0836 e. The molecule has 0 unspecified atom stereocenters. The minimum atomic E-state index is 1.09. The van der Waals surface area contributed by atoms with Gasteiger partial charge in [0.15, 0.2) is 0 Å². The lowest BCUT2D eigenvalue weighted by molar-refractivity contribution is -0.902. The lowest BCUT2D eigenvalue weighted by Crippen LogP contribution is -2.44. The first-order valence-corrected chi connectivity index (χ1v) is 12.5. The fraction of sp³-hybridized carbons (Fsp3) is 0.923. The average Bonchev–Trinajstić information content (AvgIpc) is 2.60. The van der Waals surface area contributed by atoms with E-state index in [0.717, 1.165) is 4.48 Å². The molecule has 0 aliphatic heterocycles. The van der Waals surface area contributed by atoms with Crippen LogP contribution >= 0.6 is 0 Å². The van der Waals surface area contributed by atoms with Crippen LogP contribution in [0, 0.1) is 0 Å². The quantitative estimate of drug-likeness (QED) is 0.116. The molecule has 0 aliphatic carbocycles. The Morgan fingerprint density at radius 3 is 1.39 bits per heavy atom. The summed E-state index contributed by atoms with van der Waals surface area (Å²) in [4.78, 5) is 0. The third-order valence-corrected chi connectivity index (χ3v) is 5.87. The summed E-state index contributed by atoms with van der Waals surface area (Å²) in [6.45, 7) is 6.24. The molecule has 0 bridgehead atoms. The molecule has 0 fully saturated rings. The average molecular weight is 397 g/mol. The highest BCUT2D eigenvalue weighted by Crippen LogP contribution is 2.11. The van der Waals surface area contributed by atoms with Crippen molar-refractivity contribution in [2.45, 2.75) is 103 Å². The zero-order valence-electron chi connectivity index (χ0n) is 20.8. The predicted octanol–water partition coefficient (Wildman–Crippen LogP) is 7.20. The van der Waals surface area contributed by atoms with Crippen LogP contribution in [0.4, 0.5) is 0 Å². The standard InChI is InChI=1S/C26H56N2/c1-7-8-9-10-11-12-13-14-15-16-17-18-19-20-21-22-25-28(5,6)26-23-24-27(2,3)4/h14-15H,7-13,16-26H2,1-6H3/q+2/b15-14-. The molecule has 0 saturated heterocycles. The first kappa shape index (κ1) is 27.7. The van der Waals surface area contributed by atoms with E-state index in [1.807, 2.05) is 0 Å². The van der Waals surface area contributed by atoms with Crippen LogP contribution in [0.3, 0.4) is 0 Å². The second-order valence-corrected chi connectivity index (χ2v) is 10.7. The molecule has 0 aromatic rings. The summed E-state index contributed by atoms with van der Waals surface area (Å²) >= 11 is 0. The maximum atomic E-state index is 2.43. The zero-order chi connectivity index (χ0) is 21.1. The Balaban J connectivity index is 3.37. The van der Waals surface area contributed by atoms with E-state index in [-0.39, 0.29) is 0 Å². The van der Waals surface area contributed by atoms with E-state index in [4.69, 9.17) is 0 Å². The molecule has 0 rings (SSSR count). The first-order valence-electron chi connectivity index (χ1n) is 12.5. The summed E-state index contributed by atoms with van der Waals surface area (Å²) in [7, 11) is 11.7. The first-order chi connectivity index (χ1) is 13.3. The van der Waals surface area contributed by atoms with Crippen molar-refractivity contribution in [2.75, 3.05) is 54.9 Å². The van der Waals surface area contributed by atoms with Gasteiger partial charge < -0.3 is 8.97 Å². The molecule has 2 nitrogen and oxygen atoms in total. The van der Waals surface area contributed by atoms with Crippen LogP contribution < -0.4 is 0 Å². The van der Waals surface area contributed by atoms with Crippen LogP contribution in [0.2, 0.25) is 0 Å². The third-order valence-electron chi connectivity index (χ3n) is 5.87. The van der Waals surface area contributed by atoms with E-state index in [9.17, 15) is 0 Å². The smallest absolute Gasteiger partial charge is 0.0836 e. The fourth-order valence-corrected chi connectivity index (χ4v) is 3.87. The lowest BCUT2D eigenvalue weighted by Gasteiger charge is -2.31. The molecule has 0 spiro atoms. The maximum absolute atomic E-state index is 2.43. The Hall–Kier alpha value is -0.340. The number of hydrogen-bond donors (Lipinski definition) is 0. The molecule has 28 heavy (non-hydrogen) atoms. The summed E-state index contributed by atoms with van der Waals surface area (Å²) < 4.78 is 2.29. The van der Waals surface area contributed by atoms with Crippen molar-refractivity contribution < 1.29 is 8.97 Å². The van der Waals surface area contributed by atoms with Gasteiger partial charge in [0.2, 0.25) is 0 Å².